The first-order valence-corrected chi connectivity index (χ1v) is 8.07. The second kappa shape index (κ2) is 6.47. The minimum absolute atomic E-state index is 0.869. The van der Waals surface area contributed by atoms with E-state index in [0.29, 0.717) is 0 Å². The van der Waals surface area contributed by atoms with Crippen molar-refractivity contribution < 1.29 is 9.47 Å². The van der Waals surface area contributed by atoms with Crippen LogP contribution < -0.4 is 13.6 Å². The van der Waals surface area contributed by atoms with E-state index in [9.17, 15) is 0 Å². The van der Waals surface area contributed by atoms with E-state index in [1.807, 2.05) is 24.3 Å². The van der Waals surface area contributed by atoms with E-state index in [1.165, 1.54) is 20.9 Å². The van der Waals surface area contributed by atoms with Crippen LogP contribution in [-0.2, 0) is 0 Å². The van der Waals surface area contributed by atoms with E-state index < -0.39 is 0 Å². The fraction of sp³-hybridized carbons (Fsp3) is 0.125. The van der Waals surface area contributed by atoms with Crippen LogP contribution in [0.25, 0.3) is 9.81 Å². The van der Waals surface area contributed by atoms with Gasteiger partial charge in [0.05, 0.1) is 14.2 Å². The van der Waals surface area contributed by atoms with Gasteiger partial charge in [-0.05, 0) is 59.3 Å². The van der Waals surface area contributed by atoms with Crippen molar-refractivity contribution in [2.75, 3.05) is 14.2 Å². The van der Waals surface area contributed by atoms with E-state index in [0.717, 1.165) is 11.5 Å². The van der Waals surface area contributed by atoms with E-state index in [-0.39, 0.29) is 0 Å². The molecule has 3 nitrogen and oxygen atoms in total. The number of hydrogen-bond donors (Lipinski definition) is 1. The van der Waals surface area contributed by atoms with Crippen molar-refractivity contribution in [3.8, 4) is 11.5 Å². The highest BCUT2D eigenvalue weighted by Gasteiger charge is 2.19. The van der Waals surface area contributed by atoms with Gasteiger partial charge < -0.3 is 9.47 Å². The maximum absolute atomic E-state index is 5.21. The van der Waals surface area contributed by atoms with Crippen LogP contribution in [-0.4, -0.2) is 14.2 Å². The summed E-state index contributed by atoms with van der Waals surface area (Å²) in [6.07, 6.45) is 0. The third-order valence-electron chi connectivity index (χ3n) is 3.20. The molecule has 0 spiro atoms. The maximum Gasteiger partial charge on any atom is 0.118 e. The van der Waals surface area contributed by atoms with E-state index in [4.69, 9.17) is 9.47 Å². The summed E-state index contributed by atoms with van der Waals surface area (Å²) in [7, 11) is 3.36. The van der Waals surface area contributed by atoms with Gasteiger partial charge in [-0.25, -0.2) is 0 Å². The third kappa shape index (κ3) is 3.05. The molecule has 3 rings (SSSR count). The predicted molar refractivity (Wildman–Crippen MR) is 91.1 cm³/mol. The molecule has 0 radical (unpaired) electrons. The van der Waals surface area contributed by atoms with Crippen molar-refractivity contribution in [1.82, 2.24) is 4.13 Å². The van der Waals surface area contributed by atoms with Crippen LogP contribution >= 0.6 is 23.9 Å². The zero-order valence-electron chi connectivity index (χ0n) is 11.8. The van der Waals surface area contributed by atoms with Gasteiger partial charge in [-0.3, -0.25) is 0 Å². The molecule has 0 bridgehead atoms. The van der Waals surface area contributed by atoms with Crippen LogP contribution in [0, 0.1) is 0 Å². The van der Waals surface area contributed by atoms with Gasteiger partial charge >= 0.3 is 0 Å². The number of ether oxygens (including phenoxy) is 2. The van der Waals surface area contributed by atoms with Crippen LogP contribution in [0.2, 0.25) is 0 Å². The van der Waals surface area contributed by atoms with Crippen LogP contribution in [0.3, 0.4) is 0 Å². The van der Waals surface area contributed by atoms with Gasteiger partial charge in [0.25, 0.3) is 0 Å². The maximum atomic E-state index is 5.21. The van der Waals surface area contributed by atoms with Gasteiger partial charge in [-0.1, -0.05) is 24.3 Å². The lowest BCUT2D eigenvalue weighted by Gasteiger charge is -2.07. The summed E-state index contributed by atoms with van der Waals surface area (Å²) in [4.78, 5) is 2.46. The van der Waals surface area contributed by atoms with E-state index >= 15 is 0 Å². The molecule has 0 saturated carbocycles. The fourth-order valence-electron chi connectivity index (χ4n) is 2.06. The Hall–Kier alpha value is -1.56. The number of nitrogens with one attached hydrogen (secondary N) is 1. The van der Waals surface area contributed by atoms with Gasteiger partial charge in [0.1, 0.15) is 11.5 Å². The van der Waals surface area contributed by atoms with Gasteiger partial charge in [0.2, 0.25) is 0 Å². The molecule has 0 unspecified atom stereocenters. The Bertz CT molecular complexity index is 593. The zero-order chi connectivity index (χ0) is 14.7. The molecule has 0 saturated heterocycles. The van der Waals surface area contributed by atoms with Crippen molar-refractivity contribution in [2.45, 2.75) is 0 Å². The highest BCUT2D eigenvalue weighted by molar-refractivity contribution is 8.25. The minimum Gasteiger partial charge on any atom is -0.497 e. The van der Waals surface area contributed by atoms with Gasteiger partial charge in [0, 0.05) is 9.81 Å². The molecule has 0 fully saturated rings. The number of methoxy groups -OCH3 is 2. The molecule has 0 aromatic heterocycles. The second-order valence-corrected chi connectivity index (χ2v) is 6.29. The SMILES string of the molecule is COc1ccc(C2=C(c3ccc(OC)cc3)SNS2)cc1. The summed E-state index contributed by atoms with van der Waals surface area (Å²) in [6.45, 7) is 0. The molecule has 2 aromatic carbocycles. The lowest BCUT2D eigenvalue weighted by Crippen LogP contribution is -1.86. The molecule has 0 amide bonds. The number of hydrogen-bond acceptors (Lipinski definition) is 5. The largest absolute Gasteiger partial charge is 0.497 e. The number of rotatable bonds is 4. The predicted octanol–water partition coefficient (Wildman–Crippen LogP) is 4.43. The molecule has 21 heavy (non-hydrogen) atoms. The first-order chi connectivity index (χ1) is 10.3. The van der Waals surface area contributed by atoms with Crippen LogP contribution in [0.1, 0.15) is 11.1 Å². The van der Waals surface area contributed by atoms with E-state index in [2.05, 4.69) is 28.4 Å². The third-order valence-corrected chi connectivity index (χ3v) is 5.28. The Labute approximate surface area is 133 Å². The number of benzene rings is 2. The summed E-state index contributed by atoms with van der Waals surface area (Å²) in [5.41, 5.74) is 2.37. The van der Waals surface area contributed by atoms with E-state index in [1.54, 1.807) is 38.1 Å². The Balaban J connectivity index is 1.96. The van der Waals surface area contributed by atoms with Crippen molar-refractivity contribution in [1.29, 1.82) is 0 Å². The van der Waals surface area contributed by atoms with Gasteiger partial charge in [0.15, 0.2) is 0 Å². The normalized spacial score (nSPS) is 14.4. The zero-order valence-corrected chi connectivity index (χ0v) is 13.4. The van der Waals surface area contributed by atoms with Crippen LogP contribution in [0.4, 0.5) is 0 Å². The van der Waals surface area contributed by atoms with Crippen molar-refractivity contribution >= 4 is 33.7 Å². The Kier molecular flexibility index (Phi) is 4.43. The average Bonchev–Trinajstić information content (AvgIpc) is 3.04. The topological polar surface area (TPSA) is 30.5 Å². The molecule has 0 aliphatic carbocycles. The lowest BCUT2D eigenvalue weighted by atomic mass is 10.1. The van der Waals surface area contributed by atoms with Crippen molar-refractivity contribution in [3.63, 3.8) is 0 Å². The molecule has 1 heterocycles. The first kappa shape index (κ1) is 14.4. The van der Waals surface area contributed by atoms with Crippen LogP contribution in [0.5, 0.6) is 11.5 Å². The summed E-state index contributed by atoms with van der Waals surface area (Å²) in [5.74, 6) is 1.74. The van der Waals surface area contributed by atoms with Crippen molar-refractivity contribution in [3.05, 3.63) is 59.7 Å². The molecule has 1 N–H and O–H groups in total. The van der Waals surface area contributed by atoms with Crippen LogP contribution in [0.15, 0.2) is 48.5 Å². The second-order valence-electron chi connectivity index (χ2n) is 4.40. The van der Waals surface area contributed by atoms with Gasteiger partial charge in [-0.2, -0.15) is 4.13 Å². The molecule has 5 heteroatoms. The monoisotopic (exact) mass is 317 g/mol. The summed E-state index contributed by atoms with van der Waals surface area (Å²) in [5, 5.41) is 0. The standard InChI is InChI=1S/C16H15NO2S2/c1-18-13-7-3-11(4-8-13)15-16(21-17-20-15)12-5-9-14(19-2)10-6-12/h3-10,17H,1-2H3. The molecule has 108 valence electrons. The quantitative estimate of drug-likeness (QED) is 0.843. The fourth-order valence-corrected chi connectivity index (χ4v) is 4.07. The molecular weight excluding hydrogens is 302 g/mol. The molecule has 2 aromatic rings. The minimum atomic E-state index is 0.869. The highest BCUT2D eigenvalue weighted by Crippen LogP contribution is 2.46. The highest BCUT2D eigenvalue weighted by atomic mass is 32.2. The average molecular weight is 317 g/mol. The van der Waals surface area contributed by atoms with Gasteiger partial charge in [-0.15, -0.1) is 0 Å². The van der Waals surface area contributed by atoms with Crippen molar-refractivity contribution in [2.24, 2.45) is 0 Å². The summed E-state index contributed by atoms with van der Waals surface area (Å²) >= 11 is 3.28. The smallest absolute Gasteiger partial charge is 0.118 e. The molecule has 0 atom stereocenters. The Morgan fingerprint density at radius 1 is 0.667 bits per heavy atom. The summed E-state index contributed by atoms with van der Waals surface area (Å²) < 4.78 is 13.7. The summed E-state index contributed by atoms with van der Waals surface area (Å²) in [6, 6.07) is 16.3. The molecule has 1 aliphatic heterocycles. The Morgan fingerprint density at radius 2 is 1.05 bits per heavy atom. The molecular formula is C16H15NO2S2. The lowest BCUT2D eigenvalue weighted by molar-refractivity contribution is 0.414. The Morgan fingerprint density at radius 3 is 1.38 bits per heavy atom. The molecule has 1 aliphatic rings. The first-order valence-electron chi connectivity index (χ1n) is 6.43.